The maximum Gasteiger partial charge on any atom is 0.162 e. The highest BCUT2D eigenvalue weighted by molar-refractivity contribution is 9.10. The van der Waals surface area contributed by atoms with Crippen LogP contribution in [-0.4, -0.2) is 9.97 Å². The number of hydrogen-bond donors (Lipinski definition) is 1. The SMILES string of the molecule is CCc1ccccc1-c1nc(N)c(Br)c(C2CCCC2)n1. The molecule has 0 aliphatic heterocycles. The van der Waals surface area contributed by atoms with Crippen molar-refractivity contribution in [2.75, 3.05) is 5.73 Å². The molecule has 0 saturated heterocycles. The molecule has 0 amide bonds. The van der Waals surface area contributed by atoms with E-state index in [1.54, 1.807) is 0 Å². The Morgan fingerprint density at radius 3 is 2.62 bits per heavy atom. The smallest absolute Gasteiger partial charge is 0.162 e. The summed E-state index contributed by atoms with van der Waals surface area (Å²) < 4.78 is 0.882. The largest absolute Gasteiger partial charge is 0.383 e. The molecule has 0 bridgehead atoms. The van der Waals surface area contributed by atoms with Gasteiger partial charge >= 0.3 is 0 Å². The number of aryl methyl sites for hydroxylation is 1. The van der Waals surface area contributed by atoms with Gasteiger partial charge in [-0.3, -0.25) is 0 Å². The van der Waals surface area contributed by atoms with Crippen LogP contribution in [0.5, 0.6) is 0 Å². The average molecular weight is 346 g/mol. The molecule has 0 atom stereocenters. The Morgan fingerprint density at radius 2 is 1.90 bits per heavy atom. The summed E-state index contributed by atoms with van der Waals surface area (Å²) in [4.78, 5) is 9.36. The Hall–Kier alpha value is -1.42. The van der Waals surface area contributed by atoms with Gasteiger partial charge in [0, 0.05) is 11.5 Å². The molecule has 1 aromatic heterocycles. The van der Waals surface area contributed by atoms with Gasteiger partial charge in [-0.2, -0.15) is 0 Å². The summed E-state index contributed by atoms with van der Waals surface area (Å²) in [5.41, 5.74) is 9.56. The fourth-order valence-corrected chi connectivity index (χ4v) is 3.62. The van der Waals surface area contributed by atoms with Gasteiger partial charge in [0.05, 0.1) is 10.2 Å². The molecule has 1 aromatic carbocycles. The zero-order valence-electron chi connectivity index (χ0n) is 12.3. The third-order valence-corrected chi connectivity index (χ3v) is 5.10. The molecule has 0 spiro atoms. The topological polar surface area (TPSA) is 51.8 Å². The zero-order valence-corrected chi connectivity index (χ0v) is 13.9. The van der Waals surface area contributed by atoms with Crippen LogP contribution in [0.15, 0.2) is 28.7 Å². The first kappa shape index (κ1) is 14.5. The monoisotopic (exact) mass is 345 g/mol. The van der Waals surface area contributed by atoms with E-state index in [0.717, 1.165) is 28.0 Å². The number of aromatic nitrogens is 2. The van der Waals surface area contributed by atoms with Crippen molar-refractivity contribution in [1.82, 2.24) is 9.97 Å². The maximum absolute atomic E-state index is 6.12. The van der Waals surface area contributed by atoms with Crippen LogP contribution in [0.4, 0.5) is 5.82 Å². The molecule has 1 heterocycles. The number of rotatable bonds is 3. The van der Waals surface area contributed by atoms with Crippen LogP contribution < -0.4 is 5.73 Å². The van der Waals surface area contributed by atoms with Crippen molar-refractivity contribution >= 4 is 21.7 Å². The van der Waals surface area contributed by atoms with Crippen LogP contribution in [0.2, 0.25) is 0 Å². The van der Waals surface area contributed by atoms with Gasteiger partial charge in [0.2, 0.25) is 0 Å². The van der Waals surface area contributed by atoms with Crippen LogP contribution in [-0.2, 0) is 6.42 Å². The summed E-state index contributed by atoms with van der Waals surface area (Å²) in [6.07, 6.45) is 5.92. The molecule has 0 radical (unpaired) electrons. The van der Waals surface area contributed by atoms with Crippen LogP contribution in [0.1, 0.15) is 49.8 Å². The maximum atomic E-state index is 6.12. The van der Waals surface area contributed by atoms with Crippen LogP contribution in [0.25, 0.3) is 11.4 Å². The second-order valence-electron chi connectivity index (χ2n) is 5.62. The van der Waals surface area contributed by atoms with Gasteiger partial charge in [-0.05, 0) is 40.8 Å². The van der Waals surface area contributed by atoms with E-state index in [9.17, 15) is 0 Å². The third kappa shape index (κ3) is 2.82. The van der Waals surface area contributed by atoms with E-state index >= 15 is 0 Å². The van der Waals surface area contributed by atoms with Gasteiger partial charge in [-0.25, -0.2) is 9.97 Å². The second kappa shape index (κ2) is 6.14. The molecule has 110 valence electrons. The molecule has 4 heteroatoms. The molecule has 1 fully saturated rings. The third-order valence-electron chi connectivity index (χ3n) is 4.28. The summed E-state index contributed by atoms with van der Waals surface area (Å²) in [6.45, 7) is 2.15. The number of anilines is 1. The van der Waals surface area contributed by atoms with E-state index < -0.39 is 0 Å². The molecule has 1 aliphatic carbocycles. The minimum atomic E-state index is 0.511. The predicted octanol–water partition coefficient (Wildman–Crippen LogP) is 4.71. The number of benzene rings is 1. The van der Waals surface area contributed by atoms with Gasteiger partial charge in [-0.15, -0.1) is 0 Å². The van der Waals surface area contributed by atoms with Crippen molar-refractivity contribution in [3.8, 4) is 11.4 Å². The lowest BCUT2D eigenvalue weighted by atomic mass is 10.0. The van der Waals surface area contributed by atoms with Crippen LogP contribution in [0.3, 0.4) is 0 Å². The Labute approximate surface area is 134 Å². The van der Waals surface area contributed by atoms with Crippen molar-refractivity contribution in [3.05, 3.63) is 40.0 Å². The second-order valence-corrected chi connectivity index (χ2v) is 6.42. The highest BCUT2D eigenvalue weighted by Crippen LogP contribution is 2.39. The lowest BCUT2D eigenvalue weighted by Crippen LogP contribution is -2.06. The first-order valence-corrected chi connectivity index (χ1v) is 8.41. The van der Waals surface area contributed by atoms with Crippen molar-refractivity contribution in [2.45, 2.75) is 44.9 Å². The first-order valence-electron chi connectivity index (χ1n) is 7.62. The van der Waals surface area contributed by atoms with Crippen LogP contribution >= 0.6 is 15.9 Å². The van der Waals surface area contributed by atoms with Crippen molar-refractivity contribution in [1.29, 1.82) is 0 Å². The molecule has 3 rings (SSSR count). The summed E-state index contributed by atoms with van der Waals surface area (Å²) in [7, 11) is 0. The molecule has 3 nitrogen and oxygen atoms in total. The van der Waals surface area contributed by atoms with Gasteiger partial charge in [0.25, 0.3) is 0 Å². The number of nitrogens with two attached hydrogens (primary N) is 1. The van der Waals surface area contributed by atoms with E-state index in [0.29, 0.717) is 11.7 Å². The fourth-order valence-electron chi connectivity index (χ4n) is 3.12. The Balaban J connectivity index is 2.11. The summed E-state index contributed by atoms with van der Waals surface area (Å²) in [5.74, 6) is 1.82. The highest BCUT2D eigenvalue weighted by atomic mass is 79.9. The average Bonchev–Trinajstić information content (AvgIpc) is 3.04. The minimum absolute atomic E-state index is 0.511. The standard InChI is InChI=1S/C17H20BrN3/c1-2-11-7-5-6-10-13(11)17-20-15(12-8-3-4-9-12)14(18)16(19)21-17/h5-7,10,12H,2-4,8-9H2,1H3,(H2,19,20,21). The van der Waals surface area contributed by atoms with E-state index in [-0.39, 0.29) is 0 Å². The highest BCUT2D eigenvalue weighted by Gasteiger charge is 2.23. The van der Waals surface area contributed by atoms with Gasteiger partial charge in [0.15, 0.2) is 5.82 Å². The summed E-state index contributed by atoms with van der Waals surface area (Å²) >= 11 is 3.58. The van der Waals surface area contributed by atoms with Crippen LogP contribution in [0, 0.1) is 0 Å². The van der Waals surface area contributed by atoms with Crippen molar-refractivity contribution in [3.63, 3.8) is 0 Å². The molecule has 1 saturated carbocycles. The molecular weight excluding hydrogens is 326 g/mol. The molecule has 21 heavy (non-hydrogen) atoms. The van der Waals surface area contributed by atoms with Gasteiger partial charge in [-0.1, -0.05) is 44.0 Å². The minimum Gasteiger partial charge on any atom is -0.383 e. The van der Waals surface area contributed by atoms with Gasteiger partial charge in [0.1, 0.15) is 5.82 Å². The summed E-state index contributed by atoms with van der Waals surface area (Å²) in [6, 6.07) is 8.31. The zero-order chi connectivity index (χ0) is 14.8. The molecular formula is C17H20BrN3. The normalized spacial score (nSPS) is 15.5. The quantitative estimate of drug-likeness (QED) is 0.876. The number of nitrogens with zero attached hydrogens (tertiary/aromatic N) is 2. The Kier molecular flexibility index (Phi) is 4.24. The first-order chi connectivity index (χ1) is 10.2. The molecule has 2 aromatic rings. The van der Waals surface area contributed by atoms with E-state index in [2.05, 4.69) is 46.0 Å². The number of halogens is 1. The Morgan fingerprint density at radius 1 is 1.19 bits per heavy atom. The van der Waals surface area contributed by atoms with E-state index in [1.807, 2.05) is 6.07 Å². The Bertz CT molecular complexity index is 648. The predicted molar refractivity (Wildman–Crippen MR) is 90.2 cm³/mol. The van der Waals surface area contributed by atoms with E-state index in [1.165, 1.54) is 31.2 Å². The van der Waals surface area contributed by atoms with Crippen molar-refractivity contribution in [2.24, 2.45) is 0 Å². The molecule has 2 N–H and O–H groups in total. The lowest BCUT2D eigenvalue weighted by Gasteiger charge is -2.15. The van der Waals surface area contributed by atoms with Crippen molar-refractivity contribution < 1.29 is 0 Å². The van der Waals surface area contributed by atoms with E-state index in [4.69, 9.17) is 10.7 Å². The fraction of sp³-hybridized carbons (Fsp3) is 0.412. The summed E-state index contributed by atoms with van der Waals surface area (Å²) in [5, 5.41) is 0. The molecule has 0 unspecified atom stereocenters. The lowest BCUT2D eigenvalue weighted by molar-refractivity contribution is 0.691. The molecule has 1 aliphatic rings. The van der Waals surface area contributed by atoms with Gasteiger partial charge < -0.3 is 5.73 Å². The number of nitrogen functional groups attached to an aromatic ring is 1. The number of hydrogen-bond acceptors (Lipinski definition) is 3.